The van der Waals surface area contributed by atoms with Gasteiger partial charge in [0.2, 0.25) is 0 Å². The first-order chi connectivity index (χ1) is 8.75. The summed E-state index contributed by atoms with van der Waals surface area (Å²) in [4.78, 5) is 10.6. The largest absolute Gasteiger partial charge is 0.398 e. The molecule has 0 atom stereocenters. The van der Waals surface area contributed by atoms with Crippen molar-refractivity contribution in [1.82, 2.24) is 9.97 Å². The molecule has 5 heteroatoms. The molecule has 0 saturated carbocycles. The third-order valence-electron chi connectivity index (χ3n) is 3.26. The highest BCUT2D eigenvalue weighted by Crippen LogP contribution is 2.30. The van der Waals surface area contributed by atoms with Gasteiger partial charge in [0.15, 0.2) is 0 Å². The van der Waals surface area contributed by atoms with Crippen molar-refractivity contribution in [2.75, 3.05) is 17.2 Å². The third kappa shape index (κ3) is 1.95. The lowest BCUT2D eigenvalue weighted by Gasteiger charge is -2.31. The number of nitrogen functional groups attached to an aromatic ring is 1. The highest BCUT2D eigenvalue weighted by Gasteiger charge is 2.20. The Morgan fingerprint density at radius 1 is 1.33 bits per heavy atom. The molecule has 1 aromatic heterocycles. The number of aromatic nitrogens is 2. The van der Waals surface area contributed by atoms with Crippen LogP contribution in [0.2, 0.25) is 0 Å². The summed E-state index contributed by atoms with van der Waals surface area (Å²) in [6.07, 6.45) is 4.34. The lowest BCUT2D eigenvalue weighted by molar-refractivity contribution is 0.719. The molecule has 3 rings (SSSR count). The van der Waals surface area contributed by atoms with E-state index >= 15 is 0 Å². The molecule has 2 heterocycles. The standard InChI is InChI=1S/C13H13BrN4/c14-11-6-16-8-17-13(11)18-5-4-9-2-1-3-12(15)10(9)7-18/h1-3,6,8H,4-5,7,15H2. The Hall–Kier alpha value is -1.62. The fourth-order valence-corrected chi connectivity index (χ4v) is 2.80. The van der Waals surface area contributed by atoms with E-state index in [2.05, 4.69) is 36.9 Å². The Kier molecular flexibility index (Phi) is 2.91. The van der Waals surface area contributed by atoms with Gasteiger partial charge in [-0.1, -0.05) is 12.1 Å². The Balaban J connectivity index is 1.96. The van der Waals surface area contributed by atoms with Crippen LogP contribution in [0.25, 0.3) is 0 Å². The molecular weight excluding hydrogens is 292 g/mol. The molecule has 1 aliphatic heterocycles. The monoisotopic (exact) mass is 304 g/mol. The minimum atomic E-state index is 0.803. The van der Waals surface area contributed by atoms with Crippen LogP contribution < -0.4 is 10.6 Å². The molecule has 92 valence electrons. The van der Waals surface area contributed by atoms with Gasteiger partial charge in [-0.15, -0.1) is 0 Å². The van der Waals surface area contributed by atoms with Gasteiger partial charge in [-0.3, -0.25) is 0 Å². The lowest BCUT2D eigenvalue weighted by atomic mass is 9.98. The summed E-state index contributed by atoms with van der Waals surface area (Å²) >= 11 is 3.49. The van der Waals surface area contributed by atoms with Crippen LogP contribution in [-0.4, -0.2) is 16.5 Å². The van der Waals surface area contributed by atoms with Crippen molar-refractivity contribution in [1.29, 1.82) is 0 Å². The van der Waals surface area contributed by atoms with Gasteiger partial charge in [-0.05, 0) is 39.5 Å². The first-order valence-corrected chi connectivity index (χ1v) is 6.61. The average molecular weight is 305 g/mol. The van der Waals surface area contributed by atoms with E-state index in [0.717, 1.165) is 35.5 Å². The fraction of sp³-hybridized carbons (Fsp3) is 0.231. The number of hydrogen-bond acceptors (Lipinski definition) is 4. The number of anilines is 2. The molecule has 18 heavy (non-hydrogen) atoms. The molecule has 2 N–H and O–H groups in total. The molecule has 0 amide bonds. The van der Waals surface area contributed by atoms with Crippen molar-refractivity contribution in [3.8, 4) is 0 Å². The number of halogens is 1. The smallest absolute Gasteiger partial charge is 0.146 e. The Labute approximate surface area is 114 Å². The number of nitrogens with zero attached hydrogens (tertiary/aromatic N) is 3. The van der Waals surface area contributed by atoms with Crippen LogP contribution in [0, 0.1) is 0 Å². The van der Waals surface area contributed by atoms with Gasteiger partial charge in [0, 0.05) is 25.0 Å². The summed E-state index contributed by atoms with van der Waals surface area (Å²) < 4.78 is 0.919. The number of fused-ring (bicyclic) bond motifs is 1. The molecule has 4 nitrogen and oxygen atoms in total. The maximum absolute atomic E-state index is 6.05. The second-order valence-corrected chi connectivity index (χ2v) is 5.21. The van der Waals surface area contributed by atoms with Crippen LogP contribution >= 0.6 is 15.9 Å². The van der Waals surface area contributed by atoms with E-state index in [-0.39, 0.29) is 0 Å². The maximum Gasteiger partial charge on any atom is 0.146 e. The van der Waals surface area contributed by atoms with E-state index < -0.39 is 0 Å². The van der Waals surface area contributed by atoms with Gasteiger partial charge in [0.25, 0.3) is 0 Å². The fourth-order valence-electron chi connectivity index (χ4n) is 2.33. The molecular formula is C13H13BrN4. The predicted molar refractivity (Wildman–Crippen MR) is 75.3 cm³/mol. The highest BCUT2D eigenvalue weighted by atomic mass is 79.9. The van der Waals surface area contributed by atoms with Gasteiger partial charge in [0.05, 0.1) is 4.47 Å². The normalized spacial score (nSPS) is 14.4. The van der Waals surface area contributed by atoms with Crippen LogP contribution in [0.15, 0.2) is 35.2 Å². The van der Waals surface area contributed by atoms with Crippen LogP contribution in [0.3, 0.4) is 0 Å². The highest BCUT2D eigenvalue weighted by molar-refractivity contribution is 9.10. The molecule has 1 aromatic carbocycles. The summed E-state index contributed by atoms with van der Waals surface area (Å²) in [5, 5.41) is 0. The molecule has 0 aliphatic carbocycles. The van der Waals surface area contributed by atoms with Crippen LogP contribution in [-0.2, 0) is 13.0 Å². The Bertz CT molecular complexity index is 585. The van der Waals surface area contributed by atoms with E-state index in [1.165, 1.54) is 11.1 Å². The molecule has 1 aliphatic rings. The summed E-state index contributed by atoms with van der Waals surface area (Å²) in [7, 11) is 0. The summed E-state index contributed by atoms with van der Waals surface area (Å²) in [5.41, 5.74) is 9.47. The second-order valence-electron chi connectivity index (χ2n) is 4.35. The Morgan fingerprint density at radius 2 is 2.22 bits per heavy atom. The molecule has 0 fully saturated rings. The first kappa shape index (κ1) is 11.5. The van der Waals surface area contributed by atoms with E-state index in [0.29, 0.717) is 0 Å². The summed E-state index contributed by atoms with van der Waals surface area (Å²) in [6, 6.07) is 6.12. The Morgan fingerprint density at radius 3 is 3.06 bits per heavy atom. The van der Waals surface area contributed by atoms with Gasteiger partial charge in [0.1, 0.15) is 12.1 Å². The van der Waals surface area contributed by atoms with E-state index in [1.807, 2.05) is 12.1 Å². The predicted octanol–water partition coefficient (Wildman–Crippen LogP) is 2.38. The number of hydrogen-bond donors (Lipinski definition) is 1. The minimum Gasteiger partial charge on any atom is -0.398 e. The van der Waals surface area contributed by atoms with Crippen LogP contribution in [0.4, 0.5) is 11.5 Å². The number of rotatable bonds is 1. The van der Waals surface area contributed by atoms with Crippen molar-refractivity contribution in [3.05, 3.63) is 46.3 Å². The lowest BCUT2D eigenvalue weighted by Crippen LogP contribution is -2.31. The minimum absolute atomic E-state index is 0.803. The topological polar surface area (TPSA) is 55.0 Å². The first-order valence-electron chi connectivity index (χ1n) is 5.82. The number of nitrogens with two attached hydrogens (primary N) is 1. The molecule has 0 bridgehead atoms. The molecule has 0 saturated heterocycles. The van der Waals surface area contributed by atoms with Crippen molar-refractivity contribution in [3.63, 3.8) is 0 Å². The van der Waals surface area contributed by atoms with E-state index in [1.54, 1.807) is 12.5 Å². The molecule has 0 unspecified atom stereocenters. The van der Waals surface area contributed by atoms with Crippen molar-refractivity contribution >= 4 is 27.4 Å². The van der Waals surface area contributed by atoms with Gasteiger partial charge in [-0.2, -0.15) is 0 Å². The van der Waals surface area contributed by atoms with Crippen molar-refractivity contribution in [2.45, 2.75) is 13.0 Å². The van der Waals surface area contributed by atoms with Gasteiger partial charge in [-0.25, -0.2) is 9.97 Å². The second kappa shape index (κ2) is 4.57. The zero-order valence-electron chi connectivity index (χ0n) is 9.81. The van der Waals surface area contributed by atoms with Crippen LogP contribution in [0.1, 0.15) is 11.1 Å². The summed E-state index contributed by atoms with van der Waals surface area (Å²) in [5.74, 6) is 0.930. The quantitative estimate of drug-likeness (QED) is 0.822. The van der Waals surface area contributed by atoms with E-state index in [4.69, 9.17) is 5.73 Å². The maximum atomic E-state index is 6.05. The SMILES string of the molecule is Nc1cccc2c1CN(c1ncncc1Br)CC2. The molecule has 2 aromatic rings. The summed E-state index contributed by atoms with van der Waals surface area (Å²) in [6.45, 7) is 1.75. The zero-order valence-corrected chi connectivity index (χ0v) is 11.4. The average Bonchev–Trinajstić information content (AvgIpc) is 2.40. The number of benzene rings is 1. The van der Waals surface area contributed by atoms with Crippen molar-refractivity contribution in [2.24, 2.45) is 0 Å². The molecule has 0 radical (unpaired) electrons. The van der Waals surface area contributed by atoms with Crippen molar-refractivity contribution < 1.29 is 0 Å². The third-order valence-corrected chi connectivity index (χ3v) is 3.82. The van der Waals surface area contributed by atoms with Gasteiger partial charge < -0.3 is 10.6 Å². The molecule has 0 spiro atoms. The van der Waals surface area contributed by atoms with E-state index in [9.17, 15) is 0 Å². The zero-order chi connectivity index (χ0) is 12.5. The van der Waals surface area contributed by atoms with Gasteiger partial charge >= 0.3 is 0 Å². The van der Waals surface area contributed by atoms with Crippen LogP contribution in [0.5, 0.6) is 0 Å².